The van der Waals surface area contributed by atoms with Gasteiger partial charge >= 0.3 is 11.2 Å². The zero-order valence-electron chi connectivity index (χ0n) is 8.47. The van der Waals surface area contributed by atoms with Crippen LogP contribution in [0.4, 0.5) is 17.6 Å². The molecule has 0 aliphatic carbocycles. The minimum absolute atomic E-state index is 0.0762. The first-order valence-electron chi connectivity index (χ1n) is 4.73. The Kier molecular flexibility index (Phi) is 6.42. The van der Waals surface area contributed by atoms with Crippen molar-refractivity contribution in [3.63, 3.8) is 0 Å². The molecule has 0 rings (SSSR count). The Labute approximate surface area is 93.1 Å². The van der Waals surface area contributed by atoms with Crippen molar-refractivity contribution in [1.82, 2.24) is 0 Å². The lowest BCUT2D eigenvalue weighted by Gasteiger charge is -2.23. The molecule has 0 heterocycles. The minimum Gasteiger partial charge on any atom is -0.396 e. The van der Waals surface area contributed by atoms with Crippen LogP contribution in [-0.2, 0) is 11.1 Å². The van der Waals surface area contributed by atoms with E-state index in [1.165, 1.54) is 0 Å². The first-order valence-corrected chi connectivity index (χ1v) is 5.84. The number of halogens is 4. The van der Waals surface area contributed by atoms with Gasteiger partial charge in [0.05, 0.1) is 0 Å². The summed E-state index contributed by atoms with van der Waals surface area (Å²) >= 11 is -3.88. The second-order valence-electron chi connectivity index (χ2n) is 3.36. The number of aliphatic hydroxyl groups excluding tert-OH is 1. The van der Waals surface area contributed by atoms with E-state index >= 15 is 0 Å². The summed E-state index contributed by atoms with van der Waals surface area (Å²) < 4.78 is 68.9. The van der Waals surface area contributed by atoms with E-state index in [1.54, 1.807) is 0 Å². The molecule has 0 aliphatic rings. The Balaban J connectivity index is 4.09. The van der Waals surface area contributed by atoms with E-state index in [0.29, 0.717) is 12.8 Å². The van der Waals surface area contributed by atoms with Crippen molar-refractivity contribution < 1.29 is 31.4 Å². The number of hydrogen-bond acceptors (Lipinski definition) is 2. The maximum Gasteiger partial charge on any atom is 0.406 e. The summed E-state index contributed by atoms with van der Waals surface area (Å²) in [5.41, 5.74) is 0. The molecule has 8 heteroatoms. The predicted octanol–water partition coefficient (Wildman–Crippen LogP) is 2.38. The van der Waals surface area contributed by atoms with Crippen molar-refractivity contribution in [3.05, 3.63) is 0 Å². The molecule has 0 bridgehead atoms. The van der Waals surface area contributed by atoms with Crippen LogP contribution in [0.3, 0.4) is 0 Å². The van der Waals surface area contributed by atoms with Crippen LogP contribution in [-0.4, -0.2) is 31.7 Å². The molecule has 0 aromatic rings. The van der Waals surface area contributed by atoms with Gasteiger partial charge in [-0.25, -0.2) is 4.21 Å². The quantitative estimate of drug-likeness (QED) is 0.403. The standard InChI is InChI=1S/C8H14F4O3S/c9-7(10,8(11,12)16(14)15)5-3-1-2-4-6-13/h13H,1-6H2,(H,14,15). The van der Waals surface area contributed by atoms with Crippen LogP contribution in [0.2, 0.25) is 0 Å². The molecule has 0 fully saturated rings. The van der Waals surface area contributed by atoms with Gasteiger partial charge in [0.2, 0.25) is 11.1 Å². The van der Waals surface area contributed by atoms with Crippen molar-refractivity contribution in [1.29, 1.82) is 0 Å². The lowest BCUT2D eigenvalue weighted by Crippen LogP contribution is -2.43. The number of rotatable bonds is 8. The van der Waals surface area contributed by atoms with Gasteiger partial charge in [0.25, 0.3) is 0 Å². The zero-order chi connectivity index (χ0) is 12.8. The molecular formula is C8H14F4O3S. The Morgan fingerprint density at radius 3 is 1.94 bits per heavy atom. The summed E-state index contributed by atoms with van der Waals surface area (Å²) in [4.78, 5) is 0. The molecule has 0 saturated heterocycles. The molecule has 98 valence electrons. The molecule has 3 nitrogen and oxygen atoms in total. The minimum atomic E-state index is -4.91. The van der Waals surface area contributed by atoms with Gasteiger partial charge in [-0.2, -0.15) is 17.6 Å². The smallest absolute Gasteiger partial charge is 0.396 e. The summed E-state index contributed by atoms with van der Waals surface area (Å²) in [5.74, 6) is -4.48. The summed E-state index contributed by atoms with van der Waals surface area (Å²) in [6, 6.07) is 0. The number of hydrogen-bond donors (Lipinski definition) is 2. The van der Waals surface area contributed by atoms with E-state index in [1.807, 2.05) is 0 Å². The summed E-state index contributed by atoms with van der Waals surface area (Å²) in [6.07, 6.45) is -0.171. The van der Waals surface area contributed by atoms with Gasteiger partial charge in [0, 0.05) is 13.0 Å². The van der Waals surface area contributed by atoms with Gasteiger partial charge < -0.3 is 9.66 Å². The van der Waals surface area contributed by atoms with Crippen LogP contribution in [0, 0.1) is 0 Å². The molecule has 0 spiro atoms. The average molecular weight is 266 g/mol. The van der Waals surface area contributed by atoms with E-state index in [0.717, 1.165) is 0 Å². The van der Waals surface area contributed by atoms with Gasteiger partial charge in [-0.1, -0.05) is 12.8 Å². The highest BCUT2D eigenvalue weighted by Gasteiger charge is 2.60. The molecule has 0 aromatic heterocycles. The second-order valence-corrected chi connectivity index (χ2v) is 4.37. The molecule has 0 saturated carbocycles. The third kappa shape index (κ3) is 4.34. The number of alkyl halides is 4. The summed E-state index contributed by atoms with van der Waals surface area (Å²) in [7, 11) is 0. The Morgan fingerprint density at radius 2 is 1.50 bits per heavy atom. The van der Waals surface area contributed by atoms with Crippen LogP contribution < -0.4 is 0 Å². The predicted molar refractivity (Wildman–Crippen MR) is 50.8 cm³/mol. The van der Waals surface area contributed by atoms with Crippen LogP contribution in [0.1, 0.15) is 32.1 Å². The molecule has 0 aromatic carbocycles. The number of unbranched alkanes of at least 4 members (excludes halogenated alkanes) is 3. The lowest BCUT2D eigenvalue weighted by atomic mass is 10.1. The molecule has 0 radical (unpaired) electrons. The van der Waals surface area contributed by atoms with Crippen LogP contribution >= 0.6 is 0 Å². The second kappa shape index (κ2) is 6.51. The molecule has 2 N–H and O–H groups in total. The molecule has 1 atom stereocenters. The van der Waals surface area contributed by atoms with E-state index in [-0.39, 0.29) is 19.4 Å². The number of aliphatic hydroxyl groups is 1. The molecule has 1 unspecified atom stereocenters. The highest BCUT2D eigenvalue weighted by molar-refractivity contribution is 7.80. The van der Waals surface area contributed by atoms with Crippen molar-refractivity contribution in [2.24, 2.45) is 0 Å². The van der Waals surface area contributed by atoms with Crippen molar-refractivity contribution in [3.8, 4) is 0 Å². The van der Waals surface area contributed by atoms with Crippen molar-refractivity contribution in [2.45, 2.75) is 43.3 Å². The van der Waals surface area contributed by atoms with Crippen LogP contribution in [0.5, 0.6) is 0 Å². The normalized spacial score (nSPS) is 15.1. The molecule has 0 amide bonds. The highest BCUT2D eigenvalue weighted by Crippen LogP contribution is 2.40. The van der Waals surface area contributed by atoms with Gasteiger partial charge in [0.1, 0.15) is 0 Å². The third-order valence-corrected chi connectivity index (χ3v) is 2.78. The van der Waals surface area contributed by atoms with Crippen molar-refractivity contribution in [2.75, 3.05) is 6.61 Å². The lowest BCUT2D eigenvalue weighted by molar-refractivity contribution is -0.161. The van der Waals surface area contributed by atoms with E-state index < -0.39 is 28.7 Å². The maximum absolute atomic E-state index is 12.8. The van der Waals surface area contributed by atoms with Crippen LogP contribution in [0.25, 0.3) is 0 Å². The summed E-state index contributed by atoms with van der Waals surface area (Å²) in [5, 5.41) is 3.47. The first-order chi connectivity index (χ1) is 7.25. The fourth-order valence-electron chi connectivity index (χ4n) is 1.09. The zero-order valence-corrected chi connectivity index (χ0v) is 9.28. The van der Waals surface area contributed by atoms with Crippen molar-refractivity contribution >= 4 is 11.1 Å². The average Bonchev–Trinajstić information content (AvgIpc) is 2.16. The topological polar surface area (TPSA) is 57.5 Å². The SMILES string of the molecule is O=S(O)C(F)(F)C(F)(F)CCCCCCO. The van der Waals surface area contributed by atoms with Gasteiger partial charge in [-0.3, -0.25) is 0 Å². The Hall–Kier alpha value is -0.210. The van der Waals surface area contributed by atoms with Crippen LogP contribution in [0.15, 0.2) is 0 Å². The molecule has 16 heavy (non-hydrogen) atoms. The largest absolute Gasteiger partial charge is 0.406 e. The Bertz CT molecular complexity index is 235. The fourth-order valence-corrected chi connectivity index (χ4v) is 1.44. The van der Waals surface area contributed by atoms with E-state index in [2.05, 4.69) is 0 Å². The summed E-state index contributed by atoms with van der Waals surface area (Å²) in [6.45, 7) is -0.0762. The first kappa shape index (κ1) is 15.8. The van der Waals surface area contributed by atoms with E-state index in [4.69, 9.17) is 9.66 Å². The van der Waals surface area contributed by atoms with Gasteiger partial charge in [-0.15, -0.1) is 0 Å². The van der Waals surface area contributed by atoms with E-state index in [9.17, 15) is 21.8 Å². The van der Waals surface area contributed by atoms with Gasteiger partial charge in [0.15, 0.2) is 0 Å². The third-order valence-electron chi connectivity index (χ3n) is 2.04. The Morgan fingerprint density at radius 1 is 1.00 bits per heavy atom. The monoisotopic (exact) mass is 266 g/mol. The van der Waals surface area contributed by atoms with Gasteiger partial charge in [-0.05, 0) is 12.8 Å². The maximum atomic E-state index is 12.8. The molecule has 0 aliphatic heterocycles. The molecular weight excluding hydrogens is 252 g/mol. The highest BCUT2D eigenvalue weighted by atomic mass is 32.2. The fraction of sp³-hybridized carbons (Fsp3) is 1.00.